The molecule has 0 spiro atoms. The van der Waals surface area contributed by atoms with Gasteiger partial charge in [-0.1, -0.05) is 134 Å². The zero-order valence-electron chi connectivity index (χ0n) is 22.1. The van der Waals surface area contributed by atoms with Crippen LogP contribution in [0.25, 0.3) is 24.3 Å². The van der Waals surface area contributed by atoms with Crippen LogP contribution in [-0.2, 0) is 6.42 Å². The molecule has 186 valence electrons. The Morgan fingerprint density at radius 1 is 0.474 bits per heavy atom. The topological polar surface area (TPSA) is 3.24 Å². The first-order valence-corrected chi connectivity index (χ1v) is 13.3. The average molecular weight is 492 g/mol. The molecule has 1 heteroatoms. The van der Waals surface area contributed by atoms with Gasteiger partial charge in [-0.25, -0.2) is 0 Å². The van der Waals surface area contributed by atoms with Gasteiger partial charge in [0.2, 0.25) is 0 Å². The van der Waals surface area contributed by atoms with E-state index in [0.717, 1.165) is 17.8 Å². The van der Waals surface area contributed by atoms with Gasteiger partial charge in [0.1, 0.15) is 0 Å². The predicted molar refractivity (Wildman–Crippen MR) is 166 cm³/mol. The van der Waals surface area contributed by atoms with Crippen LogP contribution >= 0.6 is 0 Å². The summed E-state index contributed by atoms with van der Waals surface area (Å²) < 4.78 is 0. The van der Waals surface area contributed by atoms with Gasteiger partial charge in [-0.05, 0) is 71.0 Å². The van der Waals surface area contributed by atoms with E-state index < -0.39 is 0 Å². The van der Waals surface area contributed by atoms with Gasteiger partial charge < -0.3 is 4.90 Å². The minimum atomic E-state index is 0.976. The number of nitrogens with zero attached hydrogens (tertiary/aromatic N) is 1. The molecule has 0 aliphatic carbocycles. The highest BCUT2D eigenvalue weighted by molar-refractivity contribution is 5.82. The number of aryl methyl sites for hydroxylation is 2. The van der Waals surface area contributed by atoms with Crippen molar-refractivity contribution in [2.24, 2.45) is 0 Å². The van der Waals surface area contributed by atoms with Crippen LogP contribution in [0.4, 0.5) is 17.1 Å². The predicted octanol–water partition coefficient (Wildman–Crippen LogP) is 10.4. The molecule has 5 rings (SSSR count). The third kappa shape index (κ3) is 6.02. The van der Waals surface area contributed by atoms with Gasteiger partial charge in [0.25, 0.3) is 0 Å². The Labute approximate surface area is 227 Å². The van der Waals surface area contributed by atoms with Crippen LogP contribution in [-0.4, -0.2) is 0 Å². The smallest absolute Gasteiger partial charge is 0.0522 e. The summed E-state index contributed by atoms with van der Waals surface area (Å²) in [7, 11) is 0. The summed E-state index contributed by atoms with van der Waals surface area (Å²) in [6.45, 7) is 4.43. The molecule has 0 aliphatic rings. The van der Waals surface area contributed by atoms with Crippen molar-refractivity contribution in [3.8, 4) is 0 Å². The van der Waals surface area contributed by atoms with Gasteiger partial charge in [-0.3, -0.25) is 0 Å². The van der Waals surface area contributed by atoms with Crippen LogP contribution in [0.3, 0.4) is 0 Å². The second-order valence-electron chi connectivity index (χ2n) is 9.44. The van der Waals surface area contributed by atoms with Gasteiger partial charge in [0.15, 0.2) is 0 Å². The molecule has 0 fully saturated rings. The normalized spacial score (nSPS) is 11.3. The number of para-hydroxylation sites is 1. The van der Waals surface area contributed by atoms with E-state index in [1.54, 1.807) is 0 Å². The van der Waals surface area contributed by atoms with Crippen molar-refractivity contribution in [3.63, 3.8) is 0 Å². The lowest BCUT2D eigenvalue weighted by atomic mass is 10.0. The van der Waals surface area contributed by atoms with Gasteiger partial charge in [-0.2, -0.15) is 0 Å². The van der Waals surface area contributed by atoms with Crippen LogP contribution in [0.15, 0.2) is 127 Å². The molecule has 0 aromatic heterocycles. The molecule has 5 aromatic carbocycles. The summed E-state index contributed by atoms with van der Waals surface area (Å²) in [5.74, 6) is 0. The Morgan fingerprint density at radius 3 is 1.32 bits per heavy atom. The molecule has 0 N–H and O–H groups in total. The van der Waals surface area contributed by atoms with E-state index in [1.807, 2.05) is 12.1 Å². The third-order valence-electron chi connectivity index (χ3n) is 6.76. The number of rotatable bonds is 8. The molecule has 0 saturated carbocycles. The van der Waals surface area contributed by atoms with E-state index in [4.69, 9.17) is 0 Å². The van der Waals surface area contributed by atoms with E-state index in [0.29, 0.717) is 0 Å². The Balaban J connectivity index is 1.48. The molecule has 1 nitrogen and oxygen atoms in total. The summed E-state index contributed by atoms with van der Waals surface area (Å²) in [5.41, 5.74) is 10.9. The van der Waals surface area contributed by atoms with E-state index in [2.05, 4.69) is 158 Å². The largest absolute Gasteiger partial charge is 0.310 e. The molecule has 0 unspecified atom stereocenters. The van der Waals surface area contributed by atoms with Crippen LogP contribution in [0, 0.1) is 6.92 Å². The summed E-state index contributed by atoms with van der Waals surface area (Å²) >= 11 is 0. The molecule has 0 amide bonds. The second-order valence-corrected chi connectivity index (χ2v) is 9.44. The molecule has 5 aromatic rings. The third-order valence-corrected chi connectivity index (χ3v) is 6.76. The lowest BCUT2D eigenvalue weighted by Crippen LogP contribution is -2.13. The first kappa shape index (κ1) is 25.0. The first-order valence-electron chi connectivity index (χ1n) is 13.3. The van der Waals surface area contributed by atoms with Crippen molar-refractivity contribution < 1.29 is 0 Å². The summed E-state index contributed by atoms with van der Waals surface area (Å²) in [6, 6.07) is 45.1. The highest BCUT2D eigenvalue weighted by Gasteiger charge is 2.17. The van der Waals surface area contributed by atoms with Gasteiger partial charge in [-0.15, -0.1) is 0 Å². The maximum absolute atomic E-state index is 2.39. The monoisotopic (exact) mass is 491 g/mol. The fourth-order valence-corrected chi connectivity index (χ4v) is 4.71. The Hall–Kier alpha value is -4.62. The fraction of sp³-hybridized carbons (Fsp3) is 0.0811. The molecular weight excluding hydrogens is 458 g/mol. The molecule has 0 heterocycles. The molecular formula is C37H33N. The van der Waals surface area contributed by atoms with Crippen molar-refractivity contribution in [1.29, 1.82) is 0 Å². The molecule has 0 radical (unpaired) electrons. The number of anilines is 3. The molecule has 0 aliphatic heterocycles. The van der Waals surface area contributed by atoms with Crippen molar-refractivity contribution in [2.75, 3.05) is 4.90 Å². The minimum absolute atomic E-state index is 0.976. The van der Waals surface area contributed by atoms with Crippen molar-refractivity contribution in [2.45, 2.75) is 20.3 Å². The Morgan fingerprint density at radius 2 is 0.895 bits per heavy atom. The quantitative estimate of drug-likeness (QED) is 0.195. The Kier molecular flexibility index (Phi) is 7.96. The van der Waals surface area contributed by atoms with Crippen molar-refractivity contribution in [3.05, 3.63) is 161 Å². The van der Waals surface area contributed by atoms with E-state index in [9.17, 15) is 0 Å². The molecule has 0 saturated heterocycles. The summed E-state index contributed by atoms with van der Waals surface area (Å²) in [4.78, 5) is 2.39. The number of hydrogen-bond donors (Lipinski definition) is 0. The standard InChI is InChI=1S/C37H33N/c1-3-34-16-10-11-29(2)37(34)38(35-25-21-32(22-26-35)19-17-30-12-6-4-7-13-30)36-27-23-33(24-28-36)20-18-31-14-8-5-9-15-31/h4-28H,3H2,1-2H3/b19-17+,20-18+. The highest BCUT2D eigenvalue weighted by Crippen LogP contribution is 2.39. The maximum atomic E-state index is 2.39. The molecule has 0 bridgehead atoms. The molecule has 0 atom stereocenters. The van der Waals surface area contributed by atoms with Crippen LogP contribution in [0.2, 0.25) is 0 Å². The van der Waals surface area contributed by atoms with E-state index >= 15 is 0 Å². The average Bonchev–Trinajstić information content (AvgIpc) is 2.98. The fourth-order valence-electron chi connectivity index (χ4n) is 4.71. The number of benzene rings is 5. The van der Waals surface area contributed by atoms with Crippen LogP contribution in [0.5, 0.6) is 0 Å². The minimum Gasteiger partial charge on any atom is -0.310 e. The number of hydrogen-bond acceptors (Lipinski definition) is 1. The zero-order valence-corrected chi connectivity index (χ0v) is 22.1. The summed E-state index contributed by atoms with van der Waals surface area (Å²) in [6.07, 6.45) is 9.63. The lowest BCUT2D eigenvalue weighted by Gasteiger charge is -2.29. The highest BCUT2D eigenvalue weighted by atomic mass is 15.1. The summed E-state index contributed by atoms with van der Waals surface area (Å²) in [5, 5.41) is 0. The van der Waals surface area contributed by atoms with E-state index in [1.165, 1.54) is 39.1 Å². The molecule has 38 heavy (non-hydrogen) atoms. The van der Waals surface area contributed by atoms with Crippen LogP contribution < -0.4 is 4.90 Å². The van der Waals surface area contributed by atoms with Crippen molar-refractivity contribution in [1.82, 2.24) is 0 Å². The van der Waals surface area contributed by atoms with Gasteiger partial charge in [0.05, 0.1) is 5.69 Å². The second kappa shape index (κ2) is 12.1. The van der Waals surface area contributed by atoms with Gasteiger partial charge >= 0.3 is 0 Å². The first-order chi connectivity index (χ1) is 18.7. The van der Waals surface area contributed by atoms with Gasteiger partial charge in [0, 0.05) is 11.4 Å². The zero-order chi connectivity index (χ0) is 26.2. The Bertz CT molecular complexity index is 1420. The SMILES string of the molecule is CCc1cccc(C)c1N(c1ccc(/C=C/c2ccccc2)cc1)c1ccc(/C=C/c2ccccc2)cc1. The van der Waals surface area contributed by atoms with Crippen molar-refractivity contribution >= 4 is 41.4 Å². The maximum Gasteiger partial charge on any atom is 0.0522 e. The van der Waals surface area contributed by atoms with Crippen LogP contribution in [0.1, 0.15) is 40.3 Å². The lowest BCUT2D eigenvalue weighted by molar-refractivity contribution is 1.10. The van der Waals surface area contributed by atoms with E-state index in [-0.39, 0.29) is 0 Å².